The maximum absolute atomic E-state index is 4.47. The first kappa shape index (κ1) is 9.12. The molecular weight excluding hydrogens is 176 g/mol. The highest BCUT2D eigenvalue weighted by atomic mass is 15.3. The largest absolute Gasteiger partial charge is 0.265 e. The summed E-state index contributed by atoms with van der Waals surface area (Å²) in [5, 5.41) is 4.13. The molecule has 0 saturated heterocycles. The van der Waals surface area contributed by atoms with Crippen molar-refractivity contribution >= 4 is 11.0 Å². The lowest BCUT2D eigenvalue weighted by molar-refractivity contribution is 0.548. The summed E-state index contributed by atoms with van der Waals surface area (Å²) in [6, 6.07) is 0. The van der Waals surface area contributed by atoms with E-state index in [-0.39, 0.29) is 5.41 Å². The molecule has 0 aliphatic heterocycles. The molecule has 0 radical (unpaired) electrons. The van der Waals surface area contributed by atoms with E-state index in [4.69, 9.17) is 0 Å². The van der Waals surface area contributed by atoms with Gasteiger partial charge in [-0.25, -0.2) is 9.97 Å². The minimum absolute atomic E-state index is 0.00989. The number of aryl methyl sites for hydroxylation is 1. The fraction of sp³-hybridized carbons (Fsp3) is 0.500. The SMILES string of the molecule is Cn1ncc2nc(C(C)(C)C)ncc21. The van der Waals surface area contributed by atoms with Crippen LogP contribution in [0.25, 0.3) is 11.0 Å². The van der Waals surface area contributed by atoms with Gasteiger partial charge >= 0.3 is 0 Å². The van der Waals surface area contributed by atoms with Crippen LogP contribution in [0.1, 0.15) is 26.6 Å². The second-order valence-corrected chi connectivity index (χ2v) is 4.48. The highest BCUT2D eigenvalue weighted by molar-refractivity contribution is 5.72. The van der Waals surface area contributed by atoms with E-state index >= 15 is 0 Å². The van der Waals surface area contributed by atoms with Crippen molar-refractivity contribution in [2.24, 2.45) is 7.05 Å². The summed E-state index contributed by atoms with van der Waals surface area (Å²) in [6.07, 6.45) is 3.60. The third kappa shape index (κ3) is 1.36. The number of fused-ring (bicyclic) bond motifs is 1. The van der Waals surface area contributed by atoms with Crippen molar-refractivity contribution in [3.05, 3.63) is 18.2 Å². The lowest BCUT2D eigenvalue weighted by atomic mass is 9.96. The van der Waals surface area contributed by atoms with E-state index in [2.05, 4.69) is 35.8 Å². The highest BCUT2D eigenvalue weighted by Crippen LogP contribution is 2.19. The van der Waals surface area contributed by atoms with Crippen LogP contribution in [-0.4, -0.2) is 19.7 Å². The Morgan fingerprint density at radius 2 is 1.93 bits per heavy atom. The predicted molar refractivity (Wildman–Crippen MR) is 55.0 cm³/mol. The van der Waals surface area contributed by atoms with Gasteiger partial charge in [-0.1, -0.05) is 20.8 Å². The lowest BCUT2D eigenvalue weighted by Gasteiger charge is -2.15. The maximum atomic E-state index is 4.47. The van der Waals surface area contributed by atoms with E-state index in [1.54, 1.807) is 10.9 Å². The molecule has 0 unspecified atom stereocenters. The Labute approximate surface area is 83.0 Å². The van der Waals surface area contributed by atoms with Gasteiger partial charge in [0, 0.05) is 12.5 Å². The Kier molecular flexibility index (Phi) is 1.80. The predicted octanol–water partition coefficient (Wildman–Crippen LogP) is 1.66. The van der Waals surface area contributed by atoms with Gasteiger partial charge in [0.1, 0.15) is 16.9 Å². The second-order valence-electron chi connectivity index (χ2n) is 4.48. The second kappa shape index (κ2) is 2.77. The zero-order valence-corrected chi connectivity index (χ0v) is 8.94. The minimum atomic E-state index is -0.00989. The first-order chi connectivity index (χ1) is 6.48. The maximum Gasteiger partial charge on any atom is 0.134 e. The van der Waals surface area contributed by atoms with Crippen LogP contribution in [0, 0.1) is 0 Å². The number of aromatic nitrogens is 4. The molecule has 0 aliphatic carbocycles. The minimum Gasteiger partial charge on any atom is -0.265 e. The van der Waals surface area contributed by atoms with Gasteiger partial charge in [-0.3, -0.25) is 4.68 Å². The Morgan fingerprint density at radius 3 is 2.57 bits per heavy atom. The van der Waals surface area contributed by atoms with Crippen LogP contribution in [0.2, 0.25) is 0 Å². The van der Waals surface area contributed by atoms with Crippen LogP contribution >= 0.6 is 0 Å². The number of rotatable bonds is 0. The quantitative estimate of drug-likeness (QED) is 0.634. The lowest BCUT2D eigenvalue weighted by Crippen LogP contribution is -2.15. The Morgan fingerprint density at radius 1 is 1.21 bits per heavy atom. The molecule has 0 aromatic carbocycles. The van der Waals surface area contributed by atoms with Crippen molar-refractivity contribution in [1.29, 1.82) is 0 Å². The van der Waals surface area contributed by atoms with Crippen molar-refractivity contribution in [2.75, 3.05) is 0 Å². The average Bonchev–Trinajstić information content (AvgIpc) is 2.46. The molecule has 14 heavy (non-hydrogen) atoms. The highest BCUT2D eigenvalue weighted by Gasteiger charge is 2.17. The Hall–Kier alpha value is -1.45. The zero-order valence-electron chi connectivity index (χ0n) is 8.94. The van der Waals surface area contributed by atoms with Gasteiger partial charge < -0.3 is 0 Å². The molecule has 4 nitrogen and oxygen atoms in total. The van der Waals surface area contributed by atoms with E-state index in [1.807, 2.05) is 13.2 Å². The molecule has 0 saturated carbocycles. The molecule has 2 heterocycles. The van der Waals surface area contributed by atoms with Gasteiger partial charge in [-0.05, 0) is 0 Å². The number of nitrogens with zero attached hydrogens (tertiary/aromatic N) is 4. The van der Waals surface area contributed by atoms with Crippen LogP contribution in [0.3, 0.4) is 0 Å². The molecule has 2 aromatic rings. The summed E-state index contributed by atoms with van der Waals surface area (Å²) >= 11 is 0. The van der Waals surface area contributed by atoms with Crippen LogP contribution in [0.5, 0.6) is 0 Å². The summed E-state index contributed by atoms with van der Waals surface area (Å²) < 4.78 is 1.78. The van der Waals surface area contributed by atoms with E-state index in [9.17, 15) is 0 Å². The molecule has 2 rings (SSSR count). The van der Waals surface area contributed by atoms with Crippen LogP contribution in [0.4, 0.5) is 0 Å². The molecule has 0 aliphatic rings. The standard InChI is InChI=1S/C10H14N4/c1-10(2,3)9-11-6-8-7(13-9)5-12-14(8)4/h5-6H,1-4H3. The molecule has 0 bridgehead atoms. The van der Waals surface area contributed by atoms with Gasteiger partial charge in [0.25, 0.3) is 0 Å². The molecule has 0 fully saturated rings. The average molecular weight is 190 g/mol. The molecule has 2 aromatic heterocycles. The van der Waals surface area contributed by atoms with E-state index in [0.29, 0.717) is 0 Å². The normalized spacial score (nSPS) is 12.3. The Balaban J connectivity index is 2.63. The molecule has 0 atom stereocenters. The third-order valence-electron chi connectivity index (χ3n) is 2.17. The molecule has 4 heteroatoms. The van der Waals surface area contributed by atoms with E-state index in [0.717, 1.165) is 16.9 Å². The van der Waals surface area contributed by atoms with Crippen LogP contribution in [0.15, 0.2) is 12.4 Å². The molecular formula is C10H14N4. The molecule has 0 amide bonds. The van der Waals surface area contributed by atoms with Gasteiger partial charge in [0.15, 0.2) is 0 Å². The summed E-state index contributed by atoms with van der Waals surface area (Å²) in [5.41, 5.74) is 1.87. The monoisotopic (exact) mass is 190 g/mol. The third-order valence-corrected chi connectivity index (χ3v) is 2.17. The number of hydrogen-bond acceptors (Lipinski definition) is 3. The first-order valence-electron chi connectivity index (χ1n) is 4.64. The fourth-order valence-corrected chi connectivity index (χ4v) is 1.30. The van der Waals surface area contributed by atoms with Crippen LogP contribution in [-0.2, 0) is 12.5 Å². The van der Waals surface area contributed by atoms with Crippen molar-refractivity contribution in [3.63, 3.8) is 0 Å². The molecule has 74 valence electrons. The van der Waals surface area contributed by atoms with Crippen molar-refractivity contribution in [1.82, 2.24) is 19.7 Å². The summed E-state index contributed by atoms with van der Waals surface area (Å²) in [6.45, 7) is 6.31. The summed E-state index contributed by atoms with van der Waals surface area (Å²) in [5.74, 6) is 0.859. The summed E-state index contributed by atoms with van der Waals surface area (Å²) in [4.78, 5) is 8.81. The molecule has 0 N–H and O–H groups in total. The van der Waals surface area contributed by atoms with Gasteiger partial charge in [0.2, 0.25) is 0 Å². The van der Waals surface area contributed by atoms with Crippen molar-refractivity contribution in [3.8, 4) is 0 Å². The van der Waals surface area contributed by atoms with Gasteiger partial charge in [-0.15, -0.1) is 0 Å². The van der Waals surface area contributed by atoms with E-state index in [1.165, 1.54) is 0 Å². The molecule has 0 spiro atoms. The zero-order chi connectivity index (χ0) is 10.3. The van der Waals surface area contributed by atoms with Crippen molar-refractivity contribution < 1.29 is 0 Å². The fourth-order valence-electron chi connectivity index (χ4n) is 1.30. The van der Waals surface area contributed by atoms with Gasteiger partial charge in [0.05, 0.1) is 12.4 Å². The smallest absolute Gasteiger partial charge is 0.134 e. The first-order valence-corrected chi connectivity index (χ1v) is 4.64. The Bertz CT molecular complexity index is 464. The number of hydrogen-bond donors (Lipinski definition) is 0. The van der Waals surface area contributed by atoms with Gasteiger partial charge in [-0.2, -0.15) is 5.10 Å². The van der Waals surface area contributed by atoms with E-state index < -0.39 is 0 Å². The summed E-state index contributed by atoms with van der Waals surface area (Å²) in [7, 11) is 1.89. The van der Waals surface area contributed by atoms with Crippen molar-refractivity contribution in [2.45, 2.75) is 26.2 Å². The van der Waals surface area contributed by atoms with Crippen LogP contribution < -0.4 is 0 Å². The topological polar surface area (TPSA) is 43.6 Å².